The zero-order chi connectivity index (χ0) is 16.7. The third-order valence-corrected chi connectivity index (χ3v) is 5.26. The van der Waals surface area contributed by atoms with Crippen LogP contribution in [0.4, 0.5) is 0 Å². The first-order valence-corrected chi connectivity index (χ1v) is 9.14. The van der Waals surface area contributed by atoms with Gasteiger partial charge in [-0.1, -0.05) is 34.1 Å². The maximum atomic E-state index is 12.8. The van der Waals surface area contributed by atoms with Crippen LogP contribution in [0, 0.1) is 12.8 Å². The number of carbonyl (C=O) groups is 1. The topological polar surface area (TPSA) is 34.9 Å². The molecular formula is C20H19BrN2O. The van der Waals surface area contributed by atoms with Crippen LogP contribution in [-0.2, 0) is 0 Å². The molecule has 0 unspecified atom stereocenters. The highest BCUT2D eigenvalue weighted by molar-refractivity contribution is 9.10. The van der Waals surface area contributed by atoms with Crippen LogP contribution in [0.1, 0.15) is 41.4 Å². The Morgan fingerprint density at radius 3 is 2.67 bits per heavy atom. The van der Waals surface area contributed by atoms with Crippen LogP contribution in [0.3, 0.4) is 0 Å². The second-order valence-electron chi connectivity index (χ2n) is 6.68. The fourth-order valence-electron chi connectivity index (χ4n) is 3.27. The minimum atomic E-state index is 0.187. The first kappa shape index (κ1) is 15.6. The number of rotatable bonds is 5. The summed E-state index contributed by atoms with van der Waals surface area (Å²) in [5, 5.41) is 6.78. The molecule has 24 heavy (non-hydrogen) atoms. The van der Waals surface area contributed by atoms with Crippen molar-refractivity contribution >= 4 is 32.5 Å². The lowest BCUT2D eigenvalue weighted by atomic mass is 9.98. The van der Waals surface area contributed by atoms with E-state index in [0.29, 0.717) is 12.3 Å². The summed E-state index contributed by atoms with van der Waals surface area (Å²) < 4.78 is 3.04. The average molecular weight is 383 g/mol. The van der Waals surface area contributed by atoms with Crippen molar-refractivity contribution in [1.82, 2.24) is 9.78 Å². The Bertz CT molecular complexity index is 911. The van der Waals surface area contributed by atoms with Gasteiger partial charge in [0.15, 0.2) is 5.78 Å². The Morgan fingerprint density at radius 2 is 1.96 bits per heavy atom. The van der Waals surface area contributed by atoms with Crippen molar-refractivity contribution in [3.05, 3.63) is 64.4 Å². The fraction of sp³-hybridized carbons (Fsp3) is 0.300. The number of hydrogen-bond donors (Lipinski definition) is 0. The number of nitrogens with zero attached hydrogens (tertiary/aromatic N) is 2. The van der Waals surface area contributed by atoms with Crippen molar-refractivity contribution in [1.29, 1.82) is 0 Å². The molecule has 0 radical (unpaired) electrons. The molecule has 0 spiro atoms. The van der Waals surface area contributed by atoms with Crippen LogP contribution in [0.5, 0.6) is 0 Å². The van der Waals surface area contributed by atoms with Gasteiger partial charge in [0.2, 0.25) is 0 Å². The number of hydrogen-bond acceptors (Lipinski definition) is 2. The van der Waals surface area contributed by atoms with E-state index in [1.807, 2.05) is 54.2 Å². The normalized spacial score (nSPS) is 15.6. The van der Waals surface area contributed by atoms with Crippen LogP contribution in [0.15, 0.2) is 53.1 Å². The molecule has 2 aromatic carbocycles. The lowest BCUT2D eigenvalue weighted by Gasteiger charge is -2.16. The van der Waals surface area contributed by atoms with Crippen molar-refractivity contribution in [2.75, 3.05) is 0 Å². The van der Waals surface area contributed by atoms with Crippen LogP contribution in [0.25, 0.3) is 10.8 Å². The van der Waals surface area contributed by atoms with E-state index < -0.39 is 0 Å². The zero-order valence-corrected chi connectivity index (χ0v) is 15.2. The number of Topliss-reactive ketones (excluding diaryl/α,β-unsaturated/α-hetero) is 1. The van der Waals surface area contributed by atoms with Gasteiger partial charge in [-0.3, -0.25) is 9.48 Å². The van der Waals surface area contributed by atoms with E-state index in [1.165, 1.54) is 12.8 Å². The van der Waals surface area contributed by atoms with Crippen LogP contribution in [0.2, 0.25) is 0 Å². The summed E-state index contributed by atoms with van der Waals surface area (Å²) in [7, 11) is 0. The maximum Gasteiger partial charge on any atom is 0.165 e. The largest absolute Gasteiger partial charge is 0.294 e. The van der Waals surface area contributed by atoms with Crippen molar-refractivity contribution < 1.29 is 4.79 Å². The van der Waals surface area contributed by atoms with E-state index in [-0.39, 0.29) is 11.8 Å². The highest BCUT2D eigenvalue weighted by Crippen LogP contribution is 2.42. The quantitative estimate of drug-likeness (QED) is 0.558. The second kappa shape index (κ2) is 6.17. The zero-order valence-electron chi connectivity index (χ0n) is 13.6. The number of aromatic nitrogens is 2. The SMILES string of the molecule is Cc1ccn([C@@H](CC(=O)c2ccc3cc(Br)ccc3c2)C2CC2)n1. The second-order valence-corrected chi connectivity index (χ2v) is 7.59. The van der Waals surface area contributed by atoms with Gasteiger partial charge in [0.1, 0.15) is 0 Å². The minimum absolute atomic E-state index is 0.187. The summed E-state index contributed by atoms with van der Waals surface area (Å²) in [4.78, 5) is 12.8. The van der Waals surface area contributed by atoms with Gasteiger partial charge < -0.3 is 0 Å². The number of aryl methyl sites for hydroxylation is 1. The highest BCUT2D eigenvalue weighted by atomic mass is 79.9. The van der Waals surface area contributed by atoms with Gasteiger partial charge in [-0.2, -0.15) is 5.10 Å². The molecule has 3 nitrogen and oxygen atoms in total. The lowest BCUT2D eigenvalue weighted by Crippen LogP contribution is -2.17. The molecule has 0 amide bonds. The Kier molecular flexibility index (Phi) is 4.01. The van der Waals surface area contributed by atoms with Gasteiger partial charge in [0.05, 0.1) is 11.7 Å². The molecule has 122 valence electrons. The molecule has 1 fully saturated rings. The molecule has 0 bridgehead atoms. The van der Waals surface area contributed by atoms with Crippen molar-refractivity contribution in [3.8, 4) is 0 Å². The van der Waals surface area contributed by atoms with Crippen LogP contribution < -0.4 is 0 Å². The van der Waals surface area contributed by atoms with Gasteiger partial charge in [-0.25, -0.2) is 0 Å². The standard InChI is InChI=1S/C20H19BrN2O/c1-13-8-9-23(22-13)19(14-2-3-14)12-20(24)17-5-4-16-11-18(21)7-6-15(16)10-17/h4-11,14,19H,2-3,12H2,1H3/t19-/m0/s1. The maximum absolute atomic E-state index is 12.8. The Balaban J connectivity index is 1.59. The Hall–Kier alpha value is -1.94. The molecule has 1 aliphatic rings. The van der Waals surface area contributed by atoms with Crippen LogP contribution >= 0.6 is 15.9 Å². The molecule has 1 saturated carbocycles. The monoisotopic (exact) mass is 382 g/mol. The average Bonchev–Trinajstić information content (AvgIpc) is 3.33. The van der Waals surface area contributed by atoms with E-state index in [4.69, 9.17) is 0 Å². The molecular weight excluding hydrogens is 364 g/mol. The summed E-state index contributed by atoms with van der Waals surface area (Å²) in [6.07, 6.45) is 4.92. The van der Waals surface area contributed by atoms with Gasteiger partial charge >= 0.3 is 0 Å². The van der Waals surface area contributed by atoms with Crippen LogP contribution in [-0.4, -0.2) is 15.6 Å². The summed E-state index contributed by atoms with van der Waals surface area (Å²) in [5.41, 5.74) is 1.80. The van der Waals surface area contributed by atoms with Gasteiger partial charge in [0.25, 0.3) is 0 Å². The number of ketones is 1. The smallest absolute Gasteiger partial charge is 0.165 e. The number of benzene rings is 2. The highest BCUT2D eigenvalue weighted by Gasteiger charge is 2.34. The summed E-state index contributed by atoms with van der Waals surface area (Å²) in [5.74, 6) is 0.787. The third-order valence-electron chi connectivity index (χ3n) is 4.77. The molecule has 1 aliphatic carbocycles. The summed E-state index contributed by atoms with van der Waals surface area (Å²) in [6.45, 7) is 1.99. The molecule has 0 N–H and O–H groups in total. The van der Waals surface area contributed by atoms with E-state index in [1.54, 1.807) is 0 Å². The molecule has 0 aliphatic heterocycles. The van der Waals surface area contributed by atoms with Gasteiger partial charge in [-0.05, 0) is 60.7 Å². The molecule has 3 aromatic rings. The molecule has 1 aromatic heterocycles. The number of carbonyl (C=O) groups excluding carboxylic acids is 1. The van der Waals surface area contributed by atoms with Gasteiger partial charge in [-0.15, -0.1) is 0 Å². The van der Waals surface area contributed by atoms with Crippen molar-refractivity contribution in [2.45, 2.75) is 32.2 Å². The molecule has 0 saturated heterocycles. The predicted octanol–water partition coefficient (Wildman–Crippen LogP) is 5.33. The van der Waals surface area contributed by atoms with E-state index in [2.05, 4.69) is 27.1 Å². The molecule has 4 rings (SSSR count). The first-order chi connectivity index (χ1) is 11.6. The predicted molar refractivity (Wildman–Crippen MR) is 99.3 cm³/mol. The number of halogens is 1. The van der Waals surface area contributed by atoms with Crippen molar-refractivity contribution in [3.63, 3.8) is 0 Å². The van der Waals surface area contributed by atoms with E-state index in [0.717, 1.165) is 26.5 Å². The van der Waals surface area contributed by atoms with Crippen molar-refractivity contribution in [2.24, 2.45) is 5.92 Å². The summed E-state index contributed by atoms with van der Waals surface area (Å²) >= 11 is 3.49. The van der Waals surface area contributed by atoms with Gasteiger partial charge in [0, 0.05) is 22.7 Å². The molecule has 1 heterocycles. The third kappa shape index (κ3) is 3.16. The lowest BCUT2D eigenvalue weighted by molar-refractivity contribution is 0.0954. The molecule has 4 heteroatoms. The minimum Gasteiger partial charge on any atom is -0.294 e. The fourth-order valence-corrected chi connectivity index (χ4v) is 3.65. The number of fused-ring (bicyclic) bond motifs is 1. The summed E-state index contributed by atoms with van der Waals surface area (Å²) in [6, 6.07) is 14.3. The Labute approximate surface area is 149 Å². The van der Waals surface area contributed by atoms with E-state index >= 15 is 0 Å². The van der Waals surface area contributed by atoms with E-state index in [9.17, 15) is 4.79 Å². The Morgan fingerprint density at radius 1 is 1.21 bits per heavy atom. The first-order valence-electron chi connectivity index (χ1n) is 8.34. The molecule has 1 atom stereocenters.